The van der Waals surface area contributed by atoms with Gasteiger partial charge in [0.05, 0.1) is 0 Å². The van der Waals surface area contributed by atoms with Gasteiger partial charge in [0.2, 0.25) is 5.88 Å². The summed E-state index contributed by atoms with van der Waals surface area (Å²) >= 11 is 3.39. The first-order chi connectivity index (χ1) is 11.6. The predicted octanol–water partition coefficient (Wildman–Crippen LogP) is 4.35. The number of hydrogen-bond donors (Lipinski definition) is 2. The number of rotatable bonds is 4. The highest BCUT2D eigenvalue weighted by Crippen LogP contribution is 2.24. The van der Waals surface area contributed by atoms with Gasteiger partial charge in [0.1, 0.15) is 11.3 Å². The molecule has 8 heteroatoms. The summed E-state index contributed by atoms with van der Waals surface area (Å²) in [5.74, 6) is 0.795. The van der Waals surface area contributed by atoms with Crippen molar-refractivity contribution in [1.29, 1.82) is 0 Å². The van der Waals surface area contributed by atoms with Crippen molar-refractivity contribution in [3.8, 4) is 11.6 Å². The molecule has 0 saturated carbocycles. The zero-order valence-corrected chi connectivity index (χ0v) is 17.5. The van der Waals surface area contributed by atoms with E-state index >= 15 is 0 Å². The molecule has 5 nitrogen and oxygen atoms in total. The lowest BCUT2D eigenvalue weighted by atomic mass is 9.99. The predicted molar refractivity (Wildman–Crippen MR) is 111 cm³/mol. The van der Waals surface area contributed by atoms with Gasteiger partial charge in [0.15, 0.2) is 0 Å². The quantitative estimate of drug-likeness (QED) is 0.708. The largest absolute Gasteiger partial charge is 0.438 e. The van der Waals surface area contributed by atoms with Crippen LogP contribution >= 0.6 is 40.7 Å². The fourth-order valence-corrected chi connectivity index (χ4v) is 3.01. The van der Waals surface area contributed by atoms with Gasteiger partial charge in [0.25, 0.3) is 5.91 Å². The molecule has 0 spiro atoms. The molecule has 142 valence electrons. The van der Waals surface area contributed by atoms with Gasteiger partial charge >= 0.3 is 0 Å². The van der Waals surface area contributed by atoms with E-state index in [9.17, 15) is 4.79 Å². The van der Waals surface area contributed by atoms with Gasteiger partial charge in [-0.25, -0.2) is 4.98 Å². The molecular formula is C18H22BrCl2N3O2. The summed E-state index contributed by atoms with van der Waals surface area (Å²) in [4.78, 5) is 16.9. The van der Waals surface area contributed by atoms with Gasteiger partial charge in [-0.1, -0.05) is 15.9 Å². The van der Waals surface area contributed by atoms with Crippen molar-refractivity contribution < 1.29 is 9.53 Å². The SMILES string of the molecule is CC1NCCCC1NC(=O)c1cccnc1Oc1ccc(Br)cc1.Cl.Cl. The molecule has 2 atom stereocenters. The number of piperidine rings is 1. The Morgan fingerprint density at radius 3 is 2.69 bits per heavy atom. The van der Waals surface area contributed by atoms with Crippen LogP contribution in [0.3, 0.4) is 0 Å². The van der Waals surface area contributed by atoms with E-state index < -0.39 is 0 Å². The molecule has 0 bridgehead atoms. The van der Waals surface area contributed by atoms with Crippen molar-refractivity contribution in [1.82, 2.24) is 15.6 Å². The average Bonchev–Trinajstić information content (AvgIpc) is 2.59. The number of ether oxygens (including phenoxy) is 1. The second-order valence-corrected chi connectivity index (χ2v) is 6.79. The molecule has 26 heavy (non-hydrogen) atoms. The summed E-state index contributed by atoms with van der Waals surface area (Å²) < 4.78 is 6.76. The standard InChI is InChI=1S/C18H20BrN3O2.2ClH/c1-12-16(5-3-10-20-12)22-17(23)15-4-2-11-21-18(15)24-14-8-6-13(19)7-9-14;;/h2,4,6-9,11-12,16,20H,3,5,10H2,1H3,(H,22,23);2*1H. The molecule has 2 aromatic rings. The van der Waals surface area contributed by atoms with Crippen LogP contribution in [0.4, 0.5) is 0 Å². The maximum Gasteiger partial charge on any atom is 0.257 e. The number of benzene rings is 1. The highest BCUT2D eigenvalue weighted by Gasteiger charge is 2.24. The van der Waals surface area contributed by atoms with Gasteiger partial charge in [-0.2, -0.15) is 0 Å². The minimum Gasteiger partial charge on any atom is -0.438 e. The minimum absolute atomic E-state index is 0. The summed E-state index contributed by atoms with van der Waals surface area (Å²) in [5, 5.41) is 6.47. The molecule has 1 aromatic carbocycles. The maximum absolute atomic E-state index is 12.7. The third kappa shape index (κ3) is 5.84. The summed E-state index contributed by atoms with van der Waals surface area (Å²) in [5.41, 5.74) is 0.443. The Labute approximate surface area is 174 Å². The molecule has 2 heterocycles. The monoisotopic (exact) mass is 461 g/mol. The Balaban J connectivity index is 0.00000169. The van der Waals surface area contributed by atoms with E-state index in [0.717, 1.165) is 23.9 Å². The molecule has 1 aliphatic rings. The van der Waals surface area contributed by atoms with E-state index in [1.165, 1.54) is 0 Å². The van der Waals surface area contributed by atoms with Crippen LogP contribution in [0.1, 0.15) is 30.1 Å². The Hall–Kier alpha value is -1.34. The molecule has 1 aromatic heterocycles. The number of amides is 1. The Morgan fingerprint density at radius 1 is 1.27 bits per heavy atom. The summed E-state index contributed by atoms with van der Waals surface area (Å²) in [6.07, 6.45) is 3.66. The highest BCUT2D eigenvalue weighted by atomic mass is 79.9. The third-order valence-corrected chi connectivity index (χ3v) is 4.65. The van der Waals surface area contributed by atoms with Crippen LogP contribution in [0, 0.1) is 0 Å². The summed E-state index contributed by atoms with van der Waals surface area (Å²) in [6, 6.07) is 11.3. The van der Waals surface area contributed by atoms with Crippen LogP contribution in [-0.2, 0) is 0 Å². The first-order valence-corrected chi connectivity index (χ1v) is 8.85. The Kier molecular flexibility index (Phi) is 9.36. The number of halogens is 3. The van der Waals surface area contributed by atoms with Crippen LogP contribution in [0.25, 0.3) is 0 Å². The molecule has 1 fully saturated rings. The van der Waals surface area contributed by atoms with E-state index in [-0.39, 0.29) is 42.8 Å². The van der Waals surface area contributed by atoms with Gasteiger partial charge in [-0.15, -0.1) is 24.8 Å². The van der Waals surface area contributed by atoms with Gasteiger partial charge in [0, 0.05) is 22.8 Å². The summed E-state index contributed by atoms with van der Waals surface area (Å²) in [6.45, 7) is 3.09. The molecule has 3 rings (SSSR count). The first-order valence-electron chi connectivity index (χ1n) is 8.06. The number of carbonyl (C=O) groups excluding carboxylic acids is 1. The van der Waals surface area contributed by atoms with Crippen molar-refractivity contribution in [3.05, 3.63) is 52.6 Å². The molecule has 2 N–H and O–H groups in total. The molecule has 1 amide bonds. The number of aromatic nitrogens is 1. The molecule has 2 unspecified atom stereocenters. The Morgan fingerprint density at radius 2 is 2.00 bits per heavy atom. The van der Waals surface area contributed by atoms with Gasteiger partial charge < -0.3 is 15.4 Å². The number of carbonyl (C=O) groups is 1. The van der Waals surface area contributed by atoms with Crippen LogP contribution in [0.15, 0.2) is 47.1 Å². The van der Waals surface area contributed by atoms with Crippen molar-refractivity contribution in [2.45, 2.75) is 31.8 Å². The topological polar surface area (TPSA) is 63.2 Å². The van der Waals surface area contributed by atoms with E-state index in [1.54, 1.807) is 18.3 Å². The zero-order valence-electron chi connectivity index (χ0n) is 14.3. The number of nitrogens with zero attached hydrogens (tertiary/aromatic N) is 1. The summed E-state index contributed by atoms with van der Waals surface area (Å²) in [7, 11) is 0. The van der Waals surface area contributed by atoms with Crippen LogP contribution < -0.4 is 15.4 Å². The van der Waals surface area contributed by atoms with Gasteiger partial charge in [-0.3, -0.25) is 4.79 Å². The van der Waals surface area contributed by atoms with Crippen LogP contribution in [0.5, 0.6) is 11.6 Å². The van der Waals surface area contributed by atoms with E-state index in [4.69, 9.17) is 4.74 Å². The van der Waals surface area contributed by atoms with Crippen molar-refractivity contribution in [3.63, 3.8) is 0 Å². The smallest absolute Gasteiger partial charge is 0.257 e. The van der Waals surface area contributed by atoms with Gasteiger partial charge in [-0.05, 0) is 62.7 Å². The average molecular weight is 463 g/mol. The lowest BCUT2D eigenvalue weighted by Gasteiger charge is -2.30. The molecule has 1 aliphatic heterocycles. The minimum atomic E-state index is -0.157. The zero-order chi connectivity index (χ0) is 16.9. The first kappa shape index (κ1) is 22.7. The van der Waals surface area contributed by atoms with Crippen molar-refractivity contribution in [2.24, 2.45) is 0 Å². The highest BCUT2D eigenvalue weighted by molar-refractivity contribution is 9.10. The van der Waals surface area contributed by atoms with E-state index in [1.807, 2.05) is 24.3 Å². The second kappa shape index (κ2) is 10.7. The normalized spacial score (nSPS) is 18.8. The van der Waals surface area contributed by atoms with Crippen LogP contribution in [0.2, 0.25) is 0 Å². The van der Waals surface area contributed by atoms with E-state index in [0.29, 0.717) is 17.2 Å². The fraction of sp³-hybridized carbons (Fsp3) is 0.333. The number of hydrogen-bond acceptors (Lipinski definition) is 4. The Bertz CT molecular complexity index is 716. The molecule has 0 aliphatic carbocycles. The number of nitrogens with one attached hydrogen (secondary N) is 2. The van der Waals surface area contributed by atoms with Crippen LogP contribution in [-0.4, -0.2) is 29.5 Å². The fourth-order valence-electron chi connectivity index (χ4n) is 2.75. The second-order valence-electron chi connectivity index (χ2n) is 5.88. The molecule has 1 saturated heterocycles. The van der Waals surface area contributed by atoms with E-state index in [2.05, 4.69) is 38.5 Å². The lowest BCUT2D eigenvalue weighted by molar-refractivity contribution is 0.0917. The van der Waals surface area contributed by atoms with Crippen molar-refractivity contribution >= 4 is 46.7 Å². The maximum atomic E-state index is 12.7. The lowest BCUT2D eigenvalue weighted by Crippen LogP contribution is -2.51. The third-order valence-electron chi connectivity index (χ3n) is 4.12. The number of pyridine rings is 1. The van der Waals surface area contributed by atoms with Crippen molar-refractivity contribution in [2.75, 3.05) is 6.54 Å². The molecule has 0 radical (unpaired) electrons. The molecular weight excluding hydrogens is 441 g/mol.